The van der Waals surface area contributed by atoms with E-state index in [4.69, 9.17) is 5.73 Å². The molecule has 19 heavy (non-hydrogen) atoms. The molecule has 0 aliphatic heterocycles. The number of anilines is 1. The Hall–Kier alpha value is -1.14. The van der Waals surface area contributed by atoms with Crippen molar-refractivity contribution in [3.05, 3.63) is 23.5 Å². The van der Waals surface area contributed by atoms with Gasteiger partial charge in [0.05, 0.1) is 10.6 Å². The average Bonchev–Trinajstić information content (AvgIpc) is 2.91. The fourth-order valence-electron chi connectivity index (χ4n) is 2.14. The van der Waals surface area contributed by atoms with E-state index in [0.717, 1.165) is 12.5 Å². The molecule has 1 saturated carbocycles. The van der Waals surface area contributed by atoms with Gasteiger partial charge in [0.1, 0.15) is 5.82 Å². The number of nitrogens with two attached hydrogens (primary N) is 1. The molecule has 0 saturated heterocycles. The van der Waals surface area contributed by atoms with Crippen LogP contribution in [0.1, 0.15) is 25.8 Å². The molecule has 3 N–H and O–H groups in total. The van der Waals surface area contributed by atoms with Crippen LogP contribution in [0.25, 0.3) is 0 Å². The van der Waals surface area contributed by atoms with Gasteiger partial charge in [-0.3, -0.25) is 0 Å². The van der Waals surface area contributed by atoms with Crippen molar-refractivity contribution in [2.75, 3.05) is 12.3 Å². The monoisotopic (exact) mass is 286 g/mol. The zero-order valence-corrected chi connectivity index (χ0v) is 12.1. The first-order chi connectivity index (χ1) is 8.63. The van der Waals surface area contributed by atoms with Crippen LogP contribution in [0.2, 0.25) is 0 Å². The van der Waals surface area contributed by atoms with Crippen LogP contribution in [0.5, 0.6) is 0 Å². The van der Waals surface area contributed by atoms with E-state index in [9.17, 15) is 12.8 Å². The summed E-state index contributed by atoms with van der Waals surface area (Å²) in [5.74, 6) is -0.205. The van der Waals surface area contributed by atoms with Crippen molar-refractivity contribution >= 4 is 15.7 Å². The number of hydrogen-bond donors (Lipinski definition) is 2. The maximum atomic E-state index is 13.4. The molecule has 0 radical (unpaired) electrons. The van der Waals surface area contributed by atoms with E-state index in [0.29, 0.717) is 12.5 Å². The van der Waals surface area contributed by atoms with E-state index in [2.05, 4.69) is 18.6 Å². The Morgan fingerprint density at radius 3 is 2.53 bits per heavy atom. The largest absolute Gasteiger partial charge is 0.396 e. The number of hydrogen-bond acceptors (Lipinski definition) is 3. The fraction of sp³-hybridized carbons (Fsp3) is 0.538. The minimum absolute atomic E-state index is 0.0161. The van der Waals surface area contributed by atoms with Crippen molar-refractivity contribution in [3.63, 3.8) is 0 Å². The highest BCUT2D eigenvalue weighted by molar-refractivity contribution is 7.89. The zero-order valence-electron chi connectivity index (χ0n) is 11.3. The van der Waals surface area contributed by atoms with Crippen LogP contribution >= 0.6 is 0 Å². The highest BCUT2D eigenvalue weighted by Gasteiger charge is 2.45. The second-order valence-electron chi connectivity index (χ2n) is 5.88. The summed E-state index contributed by atoms with van der Waals surface area (Å²) in [6, 6.07) is 2.45. The molecule has 1 fully saturated rings. The number of sulfonamides is 1. The normalized spacial score (nSPS) is 21.4. The predicted molar refractivity (Wildman–Crippen MR) is 72.6 cm³/mol. The number of benzene rings is 1. The number of aryl methyl sites for hydroxylation is 1. The third-order valence-corrected chi connectivity index (χ3v) is 5.21. The molecule has 2 rings (SSSR count). The van der Waals surface area contributed by atoms with Crippen molar-refractivity contribution < 1.29 is 12.8 Å². The van der Waals surface area contributed by atoms with Crippen LogP contribution in [-0.2, 0) is 10.0 Å². The molecular weight excluding hydrogens is 267 g/mol. The second kappa shape index (κ2) is 4.45. The molecule has 0 bridgehead atoms. The summed E-state index contributed by atoms with van der Waals surface area (Å²) in [7, 11) is -3.62. The Morgan fingerprint density at radius 2 is 2.05 bits per heavy atom. The number of nitrogen functional groups attached to an aromatic ring is 1. The van der Waals surface area contributed by atoms with Gasteiger partial charge >= 0.3 is 0 Å². The van der Waals surface area contributed by atoms with Crippen molar-refractivity contribution in [3.8, 4) is 0 Å². The van der Waals surface area contributed by atoms with Gasteiger partial charge in [0.15, 0.2) is 0 Å². The van der Waals surface area contributed by atoms with Crippen molar-refractivity contribution in [1.29, 1.82) is 0 Å². The smallest absolute Gasteiger partial charge is 0.240 e. The molecule has 0 heterocycles. The second-order valence-corrected chi connectivity index (χ2v) is 7.65. The van der Waals surface area contributed by atoms with E-state index in [1.807, 2.05) is 0 Å². The summed E-state index contributed by atoms with van der Waals surface area (Å²) >= 11 is 0. The quantitative estimate of drug-likeness (QED) is 0.832. The van der Waals surface area contributed by atoms with E-state index in [-0.39, 0.29) is 21.6 Å². The number of nitrogens with one attached hydrogen (secondary N) is 1. The minimum Gasteiger partial charge on any atom is -0.396 e. The van der Waals surface area contributed by atoms with Crippen LogP contribution in [-0.4, -0.2) is 15.0 Å². The van der Waals surface area contributed by atoms with Crippen LogP contribution in [0.4, 0.5) is 10.1 Å². The molecule has 0 amide bonds. The van der Waals surface area contributed by atoms with E-state index >= 15 is 0 Å². The van der Waals surface area contributed by atoms with Crippen LogP contribution < -0.4 is 10.5 Å². The van der Waals surface area contributed by atoms with E-state index < -0.39 is 15.8 Å². The Kier molecular flexibility index (Phi) is 3.35. The lowest BCUT2D eigenvalue weighted by Crippen LogP contribution is -2.27. The molecular formula is C13H19FN2O2S. The molecule has 1 aromatic carbocycles. The molecule has 1 aromatic rings. The maximum Gasteiger partial charge on any atom is 0.240 e. The summed E-state index contributed by atoms with van der Waals surface area (Å²) in [6.07, 6.45) is 1.01. The van der Waals surface area contributed by atoms with E-state index in [1.54, 1.807) is 0 Å². The molecule has 6 heteroatoms. The molecule has 1 aliphatic carbocycles. The van der Waals surface area contributed by atoms with Gasteiger partial charge < -0.3 is 5.73 Å². The average molecular weight is 286 g/mol. The van der Waals surface area contributed by atoms with Gasteiger partial charge in [-0.05, 0) is 42.4 Å². The van der Waals surface area contributed by atoms with Gasteiger partial charge in [0, 0.05) is 6.54 Å². The molecule has 4 nitrogen and oxygen atoms in total. The van der Waals surface area contributed by atoms with Gasteiger partial charge in [-0.2, -0.15) is 0 Å². The third-order valence-electron chi connectivity index (χ3n) is 3.80. The maximum absolute atomic E-state index is 13.4. The summed E-state index contributed by atoms with van der Waals surface area (Å²) in [6.45, 7) is 6.11. The first-order valence-corrected chi connectivity index (χ1v) is 7.67. The number of halogens is 1. The van der Waals surface area contributed by atoms with Crippen molar-refractivity contribution in [2.45, 2.75) is 32.1 Å². The Balaban J connectivity index is 2.16. The van der Waals surface area contributed by atoms with E-state index in [1.165, 1.54) is 13.0 Å². The summed E-state index contributed by atoms with van der Waals surface area (Å²) in [5, 5.41) is 0. The lowest BCUT2D eigenvalue weighted by atomic mass is 10.1. The van der Waals surface area contributed by atoms with Crippen molar-refractivity contribution in [1.82, 2.24) is 4.72 Å². The first-order valence-electron chi connectivity index (χ1n) is 6.19. The highest BCUT2D eigenvalue weighted by Crippen LogP contribution is 2.51. The Morgan fingerprint density at radius 1 is 1.47 bits per heavy atom. The lowest BCUT2D eigenvalue weighted by Gasteiger charge is -2.10. The third kappa shape index (κ3) is 2.90. The highest BCUT2D eigenvalue weighted by atomic mass is 32.2. The molecule has 1 aliphatic rings. The lowest BCUT2D eigenvalue weighted by molar-refractivity contribution is 0.537. The SMILES string of the molecule is Cc1cc(S(=O)(=O)NCC2CC2(C)C)cc(N)c1F. The predicted octanol–water partition coefficient (Wildman–Crippen LogP) is 2.04. The molecule has 1 atom stereocenters. The van der Waals surface area contributed by atoms with Crippen LogP contribution in [0.3, 0.4) is 0 Å². The first kappa shape index (κ1) is 14.3. The van der Waals surface area contributed by atoms with Gasteiger partial charge in [0.25, 0.3) is 0 Å². The van der Waals surface area contributed by atoms with Gasteiger partial charge in [-0.25, -0.2) is 17.5 Å². The summed E-state index contributed by atoms with van der Waals surface area (Å²) in [4.78, 5) is 0.0161. The van der Waals surface area contributed by atoms with Gasteiger partial charge in [-0.15, -0.1) is 0 Å². The Bertz CT molecular complexity index is 588. The van der Waals surface area contributed by atoms with Crippen molar-refractivity contribution in [2.24, 2.45) is 11.3 Å². The summed E-state index contributed by atoms with van der Waals surface area (Å²) < 4.78 is 40.1. The minimum atomic E-state index is -3.62. The molecule has 0 aromatic heterocycles. The van der Waals surface area contributed by atoms with Crippen LogP contribution in [0, 0.1) is 24.1 Å². The standard InChI is InChI=1S/C13H19FN2O2S/c1-8-4-10(5-11(15)12(8)14)19(17,18)16-7-9-6-13(9,2)3/h4-5,9,16H,6-7,15H2,1-3H3. The van der Waals surface area contributed by atoms with Gasteiger partial charge in [-0.1, -0.05) is 13.8 Å². The zero-order chi connectivity index (χ0) is 14.4. The van der Waals surface area contributed by atoms with Gasteiger partial charge in [0.2, 0.25) is 10.0 Å². The fourth-order valence-corrected chi connectivity index (χ4v) is 3.34. The molecule has 106 valence electrons. The molecule has 0 spiro atoms. The molecule has 1 unspecified atom stereocenters. The summed E-state index contributed by atoms with van der Waals surface area (Å²) in [5.41, 5.74) is 5.75. The van der Waals surface area contributed by atoms with Crippen LogP contribution in [0.15, 0.2) is 17.0 Å². The topological polar surface area (TPSA) is 72.2 Å². The Labute approximate surface area is 113 Å². The number of rotatable bonds is 4.